The summed E-state index contributed by atoms with van der Waals surface area (Å²) in [4.78, 5) is 11.5. The average molecular weight is 252 g/mol. The van der Waals surface area contributed by atoms with Crippen molar-refractivity contribution in [1.82, 2.24) is 10.6 Å². The molecule has 18 heavy (non-hydrogen) atoms. The van der Waals surface area contributed by atoms with Crippen LogP contribution >= 0.6 is 0 Å². The van der Waals surface area contributed by atoms with Gasteiger partial charge in [-0.05, 0) is 26.0 Å². The lowest BCUT2D eigenvalue weighted by Gasteiger charge is -2.12. The zero-order valence-corrected chi connectivity index (χ0v) is 10.3. The first-order valence-electron chi connectivity index (χ1n) is 6.05. The van der Waals surface area contributed by atoms with E-state index in [2.05, 4.69) is 10.6 Å². The van der Waals surface area contributed by atoms with Gasteiger partial charge in [-0.25, -0.2) is 4.39 Å². The molecule has 98 valence electrons. The summed E-state index contributed by atoms with van der Waals surface area (Å²) in [6.45, 7) is 0.353. The van der Waals surface area contributed by atoms with E-state index < -0.39 is 5.82 Å². The molecule has 1 amide bonds. The van der Waals surface area contributed by atoms with Gasteiger partial charge in [0.2, 0.25) is 0 Å². The van der Waals surface area contributed by atoms with Crippen molar-refractivity contribution in [3.8, 4) is 5.75 Å². The molecule has 2 N–H and O–H groups in total. The maximum Gasteiger partial charge on any atom is 0.258 e. The minimum Gasteiger partial charge on any atom is -0.480 e. The minimum atomic E-state index is -0.443. The quantitative estimate of drug-likeness (QED) is 0.800. The van der Waals surface area contributed by atoms with Crippen LogP contribution in [0.3, 0.4) is 0 Å². The van der Waals surface area contributed by atoms with Crippen molar-refractivity contribution in [2.24, 2.45) is 0 Å². The molecule has 4 nitrogen and oxygen atoms in total. The summed E-state index contributed by atoms with van der Waals surface area (Å²) < 4.78 is 18.9. The summed E-state index contributed by atoms with van der Waals surface area (Å²) in [5.41, 5.74) is 0.705. The first kappa shape index (κ1) is 12.8. The monoisotopic (exact) mass is 252 g/mol. The topological polar surface area (TPSA) is 50.4 Å². The lowest BCUT2D eigenvalue weighted by Crippen LogP contribution is -2.30. The molecule has 0 radical (unpaired) electrons. The van der Waals surface area contributed by atoms with E-state index in [9.17, 15) is 9.18 Å². The van der Waals surface area contributed by atoms with Gasteiger partial charge in [0.05, 0.1) is 0 Å². The second kappa shape index (κ2) is 5.82. The molecule has 1 aromatic rings. The van der Waals surface area contributed by atoms with Gasteiger partial charge in [-0.1, -0.05) is 12.1 Å². The number of rotatable bonds is 6. The van der Waals surface area contributed by atoms with Crippen LogP contribution in [0.25, 0.3) is 0 Å². The normalized spacial score (nSPS) is 14.3. The Hall–Kier alpha value is -1.62. The fraction of sp³-hybridized carbons (Fsp3) is 0.462. The van der Waals surface area contributed by atoms with E-state index in [1.54, 1.807) is 19.2 Å². The number of hydrogen-bond acceptors (Lipinski definition) is 3. The summed E-state index contributed by atoms with van der Waals surface area (Å²) in [5.74, 6) is -0.490. The highest BCUT2D eigenvalue weighted by molar-refractivity contribution is 5.78. The number of carbonyl (C=O) groups excluding carboxylic acids is 1. The van der Waals surface area contributed by atoms with Crippen LogP contribution in [0.2, 0.25) is 0 Å². The average Bonchev–Trinajstić information content (AvgIpc) is 3.12. The predicted octanol–water partition coefficient (Wildman–Crippen LogP) is 1.20. The number of amides is 1. The predicted molar refractivity (Wildman–Crippen MR) is 65.8 cm³/mol. The summed E-state index contributed by atoms with van der Waals surface area (Å²) in [6.07, 6.45) is 2.05. The highest BCUT2D eigenvalue weighted by Crippen LogP contribution is 2.23. The number of nitrogens with one attached hydrogen (secondary N) is 2. The molecule has 0 bridgehead atoms. The second-order valence-corrected chi connectivity index (χ2v) is 4.39. The number of para-hydroxylation sites is 1. The van der Waals surface area contributed by atoms with Crippen LogP contribution in [0, 0.1) is 5.82 Å². The maximum atomic E-state index is 13.6. The van der Waals surface area contributed by atoms with Crippen LogP contribution in [-0.2, 0) is 11.3 Å². The number of halogens is 1. The molecule has 0 atom stereocenters. The Labute approximate surface area is 106 Å². The Bertz CT molecular complexity index is 433. The van der Waals surface area contributed by atoms with Crippen molar-refractivity contribution < 1.29 is 13.9 Å². The SMILES string of the molecule is CNCc1cccc(F)c1OCC(=O)NC1CC1. The fourth-order valence-corrected chi connectivity index (χ4v) is 1.68. The summed E-state index contributed by atoms with van der Waals surface area (Å²) >= 11 is 0. The van der Waals surface area contributed by atoms with Crippen LogP contribution in [0.1, 0.15) is 18.4 Å². The lowest BCUT2D eigenvalue weighted by molar-refractivity contribution is -0.123. The van der Waals surface area contributed by atoms with E-state index in [0.717, 1.165) is 12.8 Å². The van der Waals surface area contributed by atoms with Crippen molar-refractivity contribution in [3.05, 3.63) is 29.6 Å². The van der Waals surface area contributed by atoms with Crippen LogP contribution < -0.4 is 15.4 Å². The number of ether oxygens (including phenoxy) is 1. The van der Waals surface area contributed by atoms with Crippen molar-refractivity contribution >= 4 is 5.91 Å². The number of carbonyl (C=O) groups is 1. The van der Waals surface area contributed by atoms with Crippen LogP contribution in [0.15, 0.2) is 18.2 Å². The van der Waals surface area contributed by atoms with E-state index >= 15 is 0 Å². The molecule has 0 spiro atoms. The highest BCUT2D eigenvalue weighted by Gasteiger charge is 2.23. The number of hydrogen-bond donors (Lipinski definition) is 2. The van der Waals surface area contributed by atoms with Crippen molar-refractivity contribution in [1.29, 1.82) is 0 Å². The van der Waals surface area contributed by atoms with Gasteiger partial charge in [0, 0.05) is 18.2 Å². The molecule has 5 heteroatoms. The molecule has 1 fully saturated rings. The fourth-order valence-electron chi connectivity index (χ4n) is 1.68. The third kappa shape index (κ3) is 3.43. The second-order valence-electron chi connectivity index (χ2n) is 4.39. The first-order valence-corrected chi connectivity index (χ1v) is 6.05. The van der Waals surface area contributed by atoms with Gasteiger partial charge in [0.25, 0.3) is 5.91 Å². The molecule has 1 saturated carbocycles. The van der Waals surface area contributed by atoms with Gasteiger partial charge < -0.3 is 15.4 Å². The zero-order chi connectivity index (χ0) is 13.0. The third-order valence-corrected chi connectivity index (χ3v) is 2.71. The van der Waals surface area contributed by atoms with Crippen LogP contribution in [0.4, 0.5) is 4.39 Å². The molecule has 0 aromatic heterocycles. The molecular weight excluding hydrogens is 235 g/mol. The molecule has 0 heterocycles. The molecule has 0 unspecified atom stereocenters. The van der Waals surface area contributed by atoms with Gasteiger partial charge in [-0.2, -0.15) is 0 Å². The van der Waals surface area contributed by atoms with Crippen molar-refractivity contribution in [2.75, 3.05) is 13.7 Å². The molecule has 0 saturated heterocycles. The summed E-state index contributed by atoms with van der Waals surface area (Å²) in [7, 11) is 1.77. The van der Waals surface area contributed by atoms with Gasteiger partial charge in [-0.3, -0.25) is 4.79 Å². The van der Waals surface area contributed by atoms with Gasteiger partial charge in [0.1, 0.15) is 0 Å². The maximum absolute atomic E-state index is 13.6. The Morgan fingerprint density at radius 2 is 2.28 bits per heavy atom. The molecular formula is C13H17FN2O2. The van der Waals surface area contributed by atoms with E-state index in [0.29, 0.717) is 18.2 Å². The smallest absolute Gasteiger partial charge is 0.258 e. The first-order chi connectivity index (χ1) is 8.70. The van der Waals surface area contributed by atoms with Gasteiger partial charge in [-0.15, -0.1) is 0 Å². The molecule has 0 aliphatic heterocycles. The highest BCUT2D eigenvalue weighted by atomic mass is 19.1. The summed E-state index contributed by atoms with van der Waals surface area (Å²) in [5, 5.41) is 5.73. The van der Waals surface area contributed by atoms with E-state index in [-0.39, 0.29) is 18.3 Å². The minimum absolute atomic E-state index is 0.145. The van der Waals surface area contributed by atoms with Gasteiger partial charge in [0.15, 0.2) is 18.2 Å². The zero-order valence-electron chi connectivity index (χ0n) is 10.3. The number of benzene rings is 1. The van der Waals surface area contributed by atoms with E-state index in [1.165, 1.54) is 6.07 Å². The van der Waals surface area contributed by atoms with Gasteiger partial charge >= 0.3 is 0 Å². The van der Waals surface area contributed by atoms with Crippen molar-refractivity contribution in [3.63, 3.8) is 0 Å². The molecule has 1 aromatic carbocycles. The lowest BCUT2D eigenvalue weighted by atomic mass is 10.2. The van der Waals surface area contributed by atoms with Crippen molar-refractivity contribution in [2.45, 2.75) is 25.4 Å². The largest absolute Gasteiger partial charge is 0.480 e. The Morgan fingerprint density at radius 3 is 2.94 bits per heavy atom. The third-order valence-electron chi connectivity index (χ3n) is 2.71. The van der Waals surface area contributed by atoms with E-state index in [1.807, 2.05) is 0 Å². The molecule has 1 aliphatic rings. The van der Waals surface area contributed by atoms with Crippen LogP contribution in [0.5, 0.6) is 5.75 Å². The Kier molecular flexibility index (Phi) is 4.15. The molecule has 2 rings (SSSR count). The van der Waals surface area contributed by atoms with Crippen LogP contribution in [-0.4, -0.2) is 25.6 Å². The summed E-state index contributed by atoms with van der Waals surface area (Å²) in [6, 6.07) is 5.01. The molecule has 1 aliphatic carbocycles. The standard InChI is InChI=1S/C13H17FN2O2/c1-15-7-9-3-2-4-11(14)13(9)18-8-12(17)16-10-5-6-10/h2-4,10,15H,5-8H2,1H3,(H,16,17). The Morgan fingerprint density at radius 1 is 1.50 bits per heavy atom. The van der Waals surface area contributed by atoms with E-state index in [4.69, 9.17) is 4.74 Å². The Balaban J connectivity index is 1.95.